The van der Waals surface area contributed by atoms with Crippen LogP contribution in [-0.4, -0.2) is 78.6 Å². The van der Waals surface area contributed by atoms with E-state index in [0.717, 1.165) is 0 Å². The Morgan fingerprint density at radius 2 is 1.79 bits per heavy atom. The van der Waals surface area contributed by atoms with Crippen LogP contribution in [0.1, 0.15) is 0 Å². The quantitative estimate of drug-likeness (QED) is 0.543. The van der Waals surface area contributed by atoms with E-state index in [4.69, 9.17) is 19.7 Å². The average Bonchev–Trinajstić information content (AvgIpc) is 2.35. The summed E-state index contributed by atoms with van der Waals surface area (Å²) in [4.78, 5) is 33.4. The van der Waals surface area contributed by atoms with E-state index in [1.165, 1.54) is 0 Å². The van der Waals surface area contributed by atoms with Crippen molar-refractivity contribution in [1.82, 2.24) is 10.2 Å². The minimum absolute atomic E-state index is 0.134. The van der Waals surface area contributed by atoms with E-state index < -0.39 is 31.1 Å². The number of nitrogens with one attached hydrogen (secondary N) is 1. The number of urea groups is 1. The molecule has 1 aliphatic rings. The topological polar surface area (TPSA) is 125 Å². The Kier molecular flexibility index (Phi) is 6.03. The second-order valence-corrected chi connectivity index (χ2v) is 3.90. The van der Waals surface area contributed by atoms with Crippen LogP contribution in [0.15, 0.2) is 0 Å². The predicted octanol–water partition coefficient (Wildman–Crippen LogP) is -1.42. The first-order valence-electron chi connectivity index (χ1n) is 5.64. The van der Waals surface area contributed by atoms with Crippen molar-refractivity contribution in [2.24, 2.45) is 0 Å². The van der Waals surface area contributed by atoms with Gasteiger partial charge in [-0.25, -0.2) is 4.79 Å². The summed E-state index contributed by atoms with van der Waals surface area (Å²) in [5, 5.41) is 19.6. The maximum Gasteiger partial charge on any atom is 0.323 e. The van der Waals surface area contributed by atoms with E-state index in [0.29, 0.717) is 24.7 Å². The normalized spacial score (nSPS) is 18.6. The summed E-state index contributed by atoms with van der Waals surface area (Å²) in [5.74, 6) is -2.57. The van der Waals surface area contributed by atoms with Crippen molar-refractivity contribution in [1.29, 1.82) is 0 Å². The Hall–Kier alpha value is -1.87. The van der Waals surface area contributed by atoms with E-state index in [1.807, 2.05) is 0 Å². The summed E-state index contributed by atoms with van der Waals surface area (Å²) in [7, 11) is 0. The molecule has 108 valence electrons. The zero-order valence-corrected chi connectivity index (χ0v) is 10.2. The summed E-state index contributed by atoms with van der Waals surface area (Å²) in [5.41, 5.74) is 0. The van der Waals surface area contributed by atoms with Gasteiger partial charge in [-0.15, -0.1) is 0 Å². The SMILES string of the molecule is O=C(O)CN(CC(=O)O)C(=O)NCC1COCCO1. The molecule has 0 saturated carbocycles. The van der Waals surface area contributed by atoms with Gasteiger partial charge in [0, 0.05) is 6.54 Å². The molecular weight excluding hydrogens is 260 g/mol. The molecule has 0 aromatic carbocycles. The predicted molar refractivity (Wildman–Crippen MR) is 60.8 cm³/mol. The number of aliphatic carboxylic acids is 2. The van der Waals surface area contributed by atoms with Crippen LogP contribution in [0.2, 0.25) is 0 Å². The molecular formula is C10H16N2O7. The molecule has 0 spiro atoms. The molecule has 0 aromatic heterocycles. The molecule has 1 fully saturated rings. The van der Waals surface area contributed by atoms with E-state index >= 15 is 0 Å². The fraction of sp³-hybridized carbons (Fsp3) is 0.700. The number of ether oxygens (including phenoxy) is 2. The molecule has 1 unspecified atom stereocenters. The van der Waals surface area contributed by atoms with Crippen LogP contribution in [-0.2, 0) is 19.1 Å². The summed E-state index contributed by atoms with van der Waals surface area (Å²) in [6.45, 7) is 0.0239. The van der Waals surface area contributed by atoms with E-state index in [9.17, 15) is 14.4 Å². The van der Waals surface area contributed by atoms with Gasteiger partial charge in [0.25, 0.3) is 0 Å². The Balaban J connectivity index is 2.41. The highest BCUT2D eigenvalue weighted by Crippen LogP contribution is 1.99. The summed E-state index contributed by atoms with van der Waals surface area (Å²) >= 11 is 0. The van der Waals surface area contributed by atoms with Gasteiger partial charge in [0.1, 0.15) is 13.1 Å². The zero-order valence-electron chi connectivity index (χ0n) is 10.2. The standard InChI is InChI=1S/C10H16N2O7/c13-8(14)4-12(5-9(15)16)10(17)11-3-7-6-18-1-2-19-7/h7H,1-6H2,(H,11,17)(H,13,14)(H,15,16). The number of carbonyl (C=O) groups is 3. The highest BCUT2D eigenvalue weighted by Gasteiger charge is 2.21. The molecule has 2 amide bonds. The lowest BCUT2D eigenvalue weighted by Gasteiger charge is -2.25. The third-order valence-corrected chi connectivity index (χ3v) is 2.31. The number of nitrogens with zero attached hydrogens (tertiary/aromatic N) is 1. The van der Waals surface area contributed by atoms with Gasteiger partial charge in [0.15, 0.2) is 0 Å². The van der Waals surface area contributed by atoms with Crippen LogP contribution in [0.4, 0.5) is 4.79 Å². The number of carboxylic acids is 2. The number of hydrogen-bond acceptors (Lipinski definition) is 5. The molecule has 0 aromatic rings. The molecule has 1 aliphatic heterocycles. The van der Waals surface area contributed by atoms with Crippen molar-refractivity contribution in [2.45, 2.75) is 6.10 Å². The van der Waals surface area contributed by atoms with Crippen LogP contribution in [0.5, 0.6) is 0 Å². The minimum atomic E-state index is -1.28. The molecule has 3 N–H and O–H groups in total. The van der Waals surface area contributed by atoms with Crippen LogP contribution < -0.4 is 5.32 Å². The number of amides is 2. The van der Waals surface area contributed by atoms with Gasteiger partial charge in [-0.1, -0.05) is 0 Å². The molecule has 0 aliphatic carbocycles. The van der Waals surface area contributed by atoms with Gasteiger partial charge in [0.2, 0.25) is 0 Å². The van der Waals surface area contributed by atoms with Crippen molar-refractivity contribution < 1.29 is 34.1 Å². The maximum absolute atomic E-state index is 11.6. The Morgan fingerprint density at radius 1 is 1.16 bits per heavy atom. The van der Waals surface area contributed by atoms with Crippen molar-refractivity contribution >= 4 is 18.0 Å². The average molecular weight is 276 g/mol. The van der Waals surface area contributed by atoms with Crippen LogP contribution in [0, 0.1) is 0 Å². The lowest BCUT2D eigenvalue weighted by molar-refractivity contribution is -0.140. The van der Waals surface area contributed by atoms with Crippen LogP contribution in [0.3, 0.4) is 0 Å². The third-order valence-electron chi connectivity index (χ3n) is 2.31. The third kappa shape index (κ3) is 6.02. The van der Waals surface area contributed by atoms with Crippen molar-refractivity contribution in [3.63, 3.8) is 0 Å². The largest absolute Gasteiger partial charge is 0.480 e. The number of hydrogen-bond donors (Lipinski definition) is 3. The van der Waals surface area contributed by atoms with E-state index in [1.54, 1.807) is 0 Å². The van der Waals surface area contributed by atoms with Crippen molar-refractivity contribution in [3.05, 3.63) is 0 Å². The molecule has 1 rings (SSSR count). The van der Waals surface area contributed by atoms with Gasteiger partial charge in [-0.05, 0) is 0 Å². The summed E-state index contributed by atoms with van der Waals surface area (Å²) < 4.78 is 10.4. The molecule has 1 saturated heterocycles. The lowest BCUT2D eigenvalue weighted by atomic mass is 10.3. The highest BCUT2D eigenvalue weighted by atomic mass is 16.6. The Bertz CT molecular complexity index is 325. The highest BCUT2D eigenvalue weighted by molar-refractivity contribution is 5.84. The maximum atomic E-state index is 11.6. The van der Waals surface area contributed by atoms with Gasteiger partial charge >= 0.3 is 18.0 Å². The lowest BCUT2D eigenvalue weighted by Crippen LogP contribution is -2.48. The molecule has 0 radical (unpaired) electrons. The fourth-order valence-corrected chi connectivity index (χ4v) is 1.49. The molecule has 1 atom stereocenters. The van der Waals surface area contributed by atoms with Crippen molar-refractivity contribution in [3.8, 4) is 0 Å². The number of carboxylic acid groups (broad SMARTS) is 2. The Labute approximate surface area is 109 Å². The minimum Gasteiger partial charge on any atom is -0.480 e. The second kappa shape index (κ2) is 7.54. The van der Waals surface area contributed by atoms with Gasteiger partial charge in [0.05, 0.1) is 25.9 Å². The van der Waals surface area contributed by atoms with Gasteiger partial charge in [-0.3, -0.25) is 9.59 Å². The molecule has 1 heterocycles. The van der Waals surface area contributed by atoms with Crippen LogP contribution in [0.25, 0.3) is 0 Å². The van der Waals surface area contributed by atoms with Gasteiger partial charge < -0.3 is 29.9 Å². The Morgan fingerprint density at radius 3 is 2.26 bits per heavy atom. The van der Waals surface area contributed by atoms with E-state index in [2.05, 4.69) is 5.32 Å². The molecule has 9 nitrogen and oxygen atoms in total. The summed E-state index contributed by atoms with van der Waals surface area (Å²) in [6, 6.07) is -0.765. The molecule has 0 bridgehead atoms. The number of rotatable bonds is 6. The molecule has 9 heteroatoms. The first-order chi connectivity index (χ1) is 8.99. The smallest absolute Gasteiger partial charge is 0.323 e. The van der Waals surface area contributed by atoms with Gasteiger partial charge in [-0.2, -0.15) is 0 Å². The van der Waals surface area contributed by atoms with Crippen molar-refractivity contribution in [2.75, 3.05) is 39.5 Å². The first kappa shape index (κ1) is 15.2. The monoisotopic (exact) mass is 276 g/mol. The second-order valence-electron chi connectivity index (χ2n) is 3.90. The first-order valence-corrected chi connectivity index (χ1v) is 5.64. The summed E-state index contributed by atoms with van der Waals surface area (Å²) in [6.07, 6.45) is -0.311. The van der Waals surface area contributed by atoms with Crippen LogP contribution >= 0.6 is 0 Å². The fourth-order valence-electron chi connectivity index (χ4n) is 1.49. The number of carbonyl (C=O) groups excluding carboxylic acids is 1. The zero-order chi connectivity index (χ0) is 14.3. The van der Waals surface area contributed by atoms with E-state index in [-0.39, 0.29) is 12.6 Å². The molecule has 19 heavy (non-hydrogen) atoms.